The summed E-state index contributed by atoms with van der Waals surface area (Å²) in [5.74, 6) is 4.89. The Morgan fingerprint density at radius 2 is 2.15 bits per heavy atom. The van der Waals surface area contributed by atoms with E-state index in [1.54, 1.807) is 0 Å². The van der Waals surface area contributed by atoms with Crippen molar-refractivity contribution in [2.45, 2.75) is 44.3 Å². The molecule has 1 saturated heterocycles. The lowest BCUT2D eigenvalue weighted by molar-refractivity contribution is -0.113. The van der Waals surface area contributed by atoms with Gasteiger partial charge < -0.3 is 25.8 Å². The van der Waals surface area contributed by atoms with Crippen LogP contribution < -0.4 is 5.73 Å². The Morgan fingerprint density at radius 1 is 1.38 bits per heavy atom. The molecule has 0 saturated carbocycles. The molecule has 3 heterocycles. The van der Waals surface area contributed by atoms with Crippen LogP contribution in [0.3, 0.4) is 0 Å². The molecular weight excluding hydrogens is 342 g/mol. The molecule has 1 aliphatic rings. The van der Waals surface area contributed by atoms with Gasteiger partial charge in [-0.3, -0.25) is 9.36 Å². The van der Waals surface area contributed by atoms with Crippen LogP contribution in [0.1, 0.15) is 31.8 Å². The number of fused-ring (bicyclic) bond motifs is 1. The summed E-state index contributed by atoms with van der Waals surface area (Å²) in [7, 11) is 0. The average molecular weight is 361 g/mol. The molecule has 26 heavy (non-hydrogen) atoms. The predicted octanol–water partition coefficient (Wildman–Crippen LogP) is -1.26. The van der Waals surface area contributed by atoms with E-state index in [9.17, 15) is 20.1 Å². The first-order chi connectivity index (χ1) is 12.5. The number of nitrogens with two attached hydrogens (primary N) is 1. The number of hydrogen-bond donors (Lipinski definition) is 4. The SMILES string of the molecule is CCCC(=O)C#Cc1nc(N)c2ncn([C@@H]3O[C@H](CO)C(O)C3O)c2n1. The number of aliphatic hydroxyl groups excluding tert-OH is 3. The predicted molar refractivity (Wildman–Crippen MR) is 89.5 cm³/mol. The second-order valence-electron chi connectivity index (χ2n) is 5.91. The van der Waals surface area contributed by atoms with Gasteiger partial charge in [-0.2, -0.15) is 0 Å². The van der Waals surface area contributed by atoms with Crippen molar-refractivity contribution in [2.24, 2.45) is 0 Å². The summed E-state index contributed by atoms with van der Waals surface area (Å²) in [5, 5.41) is 29.3. The number of imidazole rings is 1. The molecule has 10 nitrogen and oxygen atoms in total. The number of ketones is 1. The van der Waals surface area contributed by atoms with Gasteiger partial charge in [-0.15, -0.1) is 0 Å². The van der Waals surface area contributed by atoms with Crippen LogP contribution in [0.15, 0.2) is 6.33 Å². The number of hydrogen-bond acceptors (Lipinski definition) is 9. The van der Waals surface area contributed by atoms with Gasteiger partial charge in [0.15, 0.2) is 17.7 Å². The van der Waals surface area contributed by atoms with Gasteiger partial charge in [0, 0.05) is 6.42 Å². The molecule has 5 N–H and O–H groups in total. The summed E-state index contributed by atoms with van der Waals surface area (Å²) >= 11 is 0. The maximum absolute atomic E-state index is 11.6. The summed E-state index contributed by atoms with van der Waals surface area (Å²) < 4.78 is 6.86. The zero-order valence-electron chi connectivity index (χ0n) is 14.0. The van der Waals surface area contributed by atoms with E-state index < -0.39 is 31.1 Å². The maximum atomic E-state index is 11.6. The number of rotatable bonds is 4. The van der Waals surface area contributed by atoms with Crippen molar-refractivity contribution in [3.63, 3.8) is 0 Å². The van der Waals surface area contributed by atoms with Gasteiger partial charge in [0.25, 0.3) is 0 Å². The quantitative estimate of drug-likeness (QED) is 0.488. The minimum atomic E-state index is -1.29. The fourth-order valence-corrected chi connectivity index (χ4v) is 2.71. The molecule has 1 aliphatic heterocycles. The maximum Gasteiger partial charge on any atom is 0.209 e. The topological polar surface area (TPSA) is 157 Å². The summed E-state index contributed by atoms with van der Waals surface area (Å²) in [6.45, 7) is 1.43. The van der Waals surface area contributed by atoms with E-state index in [4.69, 9.17) is 10.5 Å². The number of ether oxygens (including phenoxy) is 1. The van der Waals surface area contributed by atoms with E-state index in [0.717, 1.165) is 0 Å². The van der Waals surface area contributed by atoms with Crippen molar-refractivity contribution in [1.29, 1.82) is 0 Å². The highest BCUT2D eigenvalue weighted by Crippen LogP contribution is 2.31. The summed E-state index contributed by atoms with van der Waals surface area (Å²) in [6, 6.07) is 0. The third-order valence-corrected chi connectivity index (χ3v) is 4.03. The number of aliphatic hydroxyl groups is 3. The Kier molecular flexibility index (Phi) is 5.15. The van der Waals surface area contributed by atoms with Gasteiger partial charge in [0.05, 0.1) is 12.9 Å². The molecule has 0 aliphatic carbocycles. The fraction of sp³-hybridized carbons (Fsp3) is 0.500. The van der Waals surface area contributed by atoms with Crippen LogP contribution in [0.4, 0.5) is 5.82 Å². The zero-order valence-corrected chi connectivity index (χ0v) is 14.0. The highest BCUT2D eigenvalue weighted by Gasteiger charge is 2.44. The Balaban J connectivity index is 1.99. The lowest BCUT2D eigenvalue weighted by Gasteiger charge is -2.16. The Morgan fingerprint density at radius 3 is 2.81 bits per heavy atom. The number of aromatic nitrogens is 4. The molecule has 138 valence electrons. The van der Waals surface area contributed by atoms with Crippen molar-refractivity contribution in [1.82, 2.24) is 19.5 Å². The lowest BCUT2D eigenvalue weighted by Crippen LogP contribution is -2.33. The van der Waals surface area contributed by atoms with Gasteiger partial charge in [0.2, 0.25) is 11.6 Å². The number of carbonyl (C=O) groups excluding carboxylic acids is 1. The largest absolute Gasteiger partial charge is 0.394 e. The number of anilines is 1. The number of nitrogen functional groups attached to an aromatic ring is 1. The molecule has 3 rings (SSSR count). The first-order valence-corrected chi connectivity index (χ1v) is 8.13. The molecule has 1 fully saturated rings. The van der Waals surface area contributed by atoms with E-state index in [-0.39, 0.29) is 28.6 Å². The molecule has 0 bridgehead atoms. The highest BCUT2D eigenvalue weighted by molar-refractivity contribution is 5.95. The first-order valence-electron chi connectivity index (χ1n) is 8.13. The third kappa shape index (κ3) is 3.25. The minimum absolute atomic E-state index is 0.0351. The molecule has 4 atom stereocenters. The molecule has 0 aromatic carbocycles. The lowest BCUT2D eigenvalue weighted by atomic mass is 10.1. The molecule has 2 aromatic heterocycles. The van der Waals surface area contributed by atoms with Crippen LogP contribution in [-0.2, 0) is 9.53 Å². The van der Waals surface area contributed by atoms with Crippen LogP contribution in [0, 0.1) is 11.8 Å². The van der Waals surface area contributed by atoms with Crippen LogP contribution >= 0.6 is 0 Å². The van der Waals surface area contributed by atoms with Gasteiger partial charge in [-0.1, -0.05) is 6.92 Å². The van der Waals surface area contributed by atoms with Gasteiger partial charge in [-0.05, 0) is 18.3 Å². The van der Waals surface area contributed by atoms with Crippen molar-refractivity contribution >= 4 is 22.8 Å². The summed E-state index contributed by atoms with van der Waals surface area (Å²) in [4.78, 5) is 23.9. The summed E-state index contributed by atoms with van der Waals surface area (Å²) in [6.07, 6.45) is -2.12. The van der Waals surface area contributed by atoms with E-state index >= 15 is 0 Å². The molecule has 10 heteroatoms. The van der Waals surface area contributed by atoms with Crippen LogP contribution in [0.5, 0.6) is 0 Å². The van der Waals surface area contributed by atoms with E-state index in [2.05, 4.69) is 26.8 Å². The van der Waals surface area contributed by atoms with Crippen molar-refractivity contribution < 1.29 is 24.9 Å². The molecule has 0 radical (unpaired) electrons. The Hall–Kier alpha value is -2.58. The van der Waals surface area contributed by atoms with Crippen LogP contribution in [-0.4, -0.2) is 65.5 Å². The number of nitrogens with zero attached hydrogens (tertiary/aromatic N) is 4. The summed E-state index contributed by atoms with van der Waals surface area (Å²) in [5.41, 5.74) is 6.38. The fourth-order valence-electron chi connectivity index (χ4n) is 2.71. The molecule has 0 amide bonds. The minimum Gasteiger partial charge on any atom is -0.394 e. The second-order valence-corrected chi connectivity index (χ2v) is 5.91. The second kappa shape index (κ2) is 7.35. The molecule has 0 spiro atoms. The van der Waals surface area contributed by atoms with Crippen molar-refractivity contribution in [3.8, 4) is 11.8 Å². The van der Waals surface area contributed by atoms with Crippen LogP contribution in [0.25, 0.3) is 11.2 Å². The van der Waals surface area contributed by atoms with Gasteiger partial charge in [0.1, 0.15) is 23.8 Å². The standard InChI is InChI=1S/C16H19N5O5/c1-2-3-8(23)4-5-10-19-14(17)11-15(20-10)21(7-18-11)16-13(25)12(24)9(6-22)26-16/h7,9,12-13,16,22,24-25H,2-3,6H2,1H3,(H2,17,19,20)/t9-,12?,13?,16-/m1/s1. The molecule has 2 aromatic rings. The highest BCUT2D eigenvalue weighted by atomic mass is 16.6. The smallest absolute Gasteiger partial charge is 0.209 e. The molecule has 2 unspecified atom stereocenters. The zero-order chi connectivity index (χ0) is 18.8. The Bertz CT molecular complexity index is 886. The normalized spacial score (nSPS) is 25.2. The third-order valence-electron chi connectivity index (χ3n) is 4.03. The average Bonchev–Trinajstić information content (AvgIpc) is 3.16. The number of Topliss-reactive ketones (excluding diaryl/α,β-unsaturated/α-hetero) is 1. The van der Waals surface area contributed by atoms with E-state index in [1.165, 1.54) is 10.9 Å². The molecular formula is C16H19N5O5. The van der Waals surface area contributed by atoms with Gasteiger partial charge in [-0.25, -0.2) is 15.0 Å². The van der Waals surface area contributed by atoms with Crippen LogP contribution in [0.2, 0.25) is 0 Å². The van der Waals surface area contributed by atoms with E-state index in [1.807, 2.05) is 6.92 Å². The Labute approximate surface area is 148 Å². The van der Waals surface area contributed by atoms with Gasteiger partial charge >= 0.3 is 0 Å². The number of carbonyl (C=O) groups is 1. The first kappa shape index (κ1) is 18.2. The van der Waals surface area contributed by atoms with E-state index in [0.29, 0.717) is 12.8 Å². The van der Waals surface area contributed by atoms with Crippen molar-refractivity contribution in [2.75, 3.05) is 12.3 Å². The van der Waals surface area contributed by atoms with Crippen molar-refractivity contribution in [3.05, 3.63) is 12.2 Å². The monoisotopic (exact) mass is 361 g/mol.